The number of anilines is 1. The molecule has 5 rings (SSSR count). The van der Waals surface area contributed by atoms with E-state index in [0.717, 1.165) is 17.4 Å². The maximum atomic E-state index is 14.3. The van der Waals surface area contributed by atoms with Gasteiger partial charge in [0.25, 0.3) is 18.2 Å². The van der Waals surface area contributed by atoms with E-state index in [0.29, 0.717) is 0 Å². The van der Waals surface area contributed by atoms with E-state index in [1.807, 2.05) is 0 Å². The molecule has 1 aliphatic rings. The first-order valence-electron chi connectivity index (χ1n) is 10.3. The van der Waals surface area contributed by atoms with E-state index in [1.54, 1.807) is 6.07 Å². The number of furan rings is 1. The third-order valence-electron chi connectivity index (χ3n) is 5.38. The number of aromatic nitrogens is 1. The number of fused-ring (bicyclic) bond motifs is 1. The maximum Gasteiger partial charge on any atom is 0.280 e. The lowest BCUT2D eigenvalue weighted by molar-refractivity contribution is -0.125. The summed E-state index contributed by atoms with van der Waals surface area (Å²) in [5.74, 6) is -2.05. The van der Waals surface area contributed by atoms with Gasteiger partial charge in [-0.25, -0.2) is 18.2 Å². The van der Waals surface area contributed by atoms with Crippen molar-refractivity contribution in [2.24, 2.45) is 10.9 Å². The van der Waals surface area contributed by atoms with Crippen LogP contribution in [-0.2, 0) is 9.63 Å². The fourth-order valence-electron chi connectivity index (χ4n) is 3.79. The predicted octanol–water partition coefficient (Wildman–Crippen LogP) is 5.52. The summed E-state index contributed by atoms with van der Waals surface area (Å²) in [7, 11) is 0. The third kappa shape index (κ3) is 4.18. The van der Waals surface area contributed by atoms with Gasteiger partial charge in [0.2, 0.25) is 6.10 Å². The number of amides is 2. The van der Waals surface area contributed by atoms with E-state index < -0.39 is 35.9 Å². The topological polar surface area (TPSA) is 120 Å². The quantitative estimate of drug-likeness (QED) is 0.337. The second kappa shape index (κ2) is 9.28. The van der Waals surface area contributed by atoms with E-state index in [4.69, 9.17) is 26.6 Å². The highest BCUT2D eigenvalue weighted by atomic mass is 35.5. The van der Waals surface area contributed by atoms with Crippen molar-refractivity contribution >= 4 is 56.4 Å². The molecule has 0 saturated carbocycles. The summed E-state index contributed by atoms with van der Waals surface area (Å²) in [6, 6.07) is 8.32. The molecule has 1 aromatic carbocycles. The Morgan fingerprint density at radius 2 is 2.06 bits per heavy atom. The van der Waals surface area contributed by atoms with E-state index in [-0.39, 0.29) is 54.8 Å². The first-order valence-corrected chi connectivity index (χ1v) is 11.5. The molecule has 1 aliphatic heterocycles. The Labute approximate surface area is 209 Å². The van der Waals surface area contributed by atoms with Crippen LogP contribution in [0, 0.1) is 5.82 Å². The summed E-state index contributed by atoms with van der Waals surface area (Å²) in [4.78, 5) is 34.4. The van der Waals surface area contributed by atoms with E-state index in [1.165, 1.54) is 30.5 Å². The van der Waals surface area contributed by atoms with Crippen molar-refractivity contribution in [3.8, 4) is 11.3 Å². The molecule has 4 aromatic rings. The number of pyridine rings is 1. The maximum absolute atomic E-state index is 14.3. The lowest BCUT2D eigenvalue weighted by atomic mass is 10.0. The molecule has 13 heteroatoms. The normalized spacial score (nSPS) is 15.2. The van der Waals surface area contributed by atoms with Gasteiger partial charge >= 0.3 is 0 Å². The van der Waals surface area contributed by atoms with Crippen LogP contribution < -0.4 is 11.1 Å². The Morgan fingerprint density at radius 1 is 1.25 bits per heavy atom. The van der Waals surface area contributed by atoms with Gasteiger partial charge in [0.15, 0.2) is 0 Å². The molecule has 36 heavy (non-hydrogen) atoms. The Hall–Kier alpha value is -3.90. The Kier molecular flexibility index (Phi) is 6.14. The zero-order valence-electron chi connectivity index (χ0n) is 17.9. The van der Waals surface area contributed by atoms with Crippen molar-refractivity contribution in [1.82, 2.24) is 4.98 Å². The minimum Gasteiger partial charge on any atom is -0.464 e. The molecule has 8 nitrogen and oxygen atoms in total. The molecule has 0 fully saturated rings. The van der Waals surface area contributed by atoms with Gasteiger partial charge in [-0.15, -0.1) is 11.3 Å². The molecule has 1 unspecified atom stereocenters. The van der Waals surface area contributed by atoms with Crippen LogP contribution in [0.25, 0.3) is 21.5 Å². The number of rotatable bonds is 6. The van der Waals surface area contributed by atoms with Crippen molar-refractivity contribution in [2.75, 3.05) is 5.32 Å². The number of oxime groups is 1. The molecule has 0 aliphatic carbocycles. The number of nitrogens with one attached hydrogen (secondary N) is 1. The number of benzene rings is 1. The zero-order valence-corrected chi connectivity index (χ0v) is 19.5. The number of carbonyl (C=O) groups is 2. The number of hydrogen-bond acceptors (Lipinski definition) is 7. The molecular weight excluding hydrogens is 521 g/mol. The van der Waals surface area contributed by atoms with Crippen LogP contribution in [-0.4, -0.2) is 28.6 Å². The van der Waals surface area contributed by atoms with Crippen molar-refractivity contribution in [1.29, 1.82) is 0 Å². The minimum atomic E-state index is -2.90. The summed E-state index contributed by atoms with van der Waals surface area (Å²) in [5.41, 5.74) is 5.26. The average molecular weight is 535 g/mol. The highest BCUT2D eigenvalue weighted by Gasteiger charge is 2.33. The number of alkyl halides is 2. The van der Waals surface area contributed by atoms with Crippen LogP contribution in [0.1, 0.15) is 33.8 Å². The van der Waals surface area contributed by atoms with E-state index >= 15 is 0 Å². The number of thiophene rings is 1. The fraction of sp³-hybridized carbons (Fsp3) is 0.130. The van der Waals surface area contributed by atoms with Gasteiger partial charge in [0, 0.05) is 17.4 Å². The van der Waals surface area contributed by atoms with E-state index in [2.05, 4.69) is 15.5 Å². The van der Waals surface area contributed by atoms with Crippen molar-refractivity contribution < 1.29 is 32.0 Å². The van der Waals surface area contributed by atoms with Crippen LogP contribution >= 0.6 is 22.9 Å². The molecule has 0 bridgehead atoms. The summed E-state index contributed by atoms with van der Waals surface area (Å²) >= 11 is 6.83. The first kappa shape index (κ1) is 23.8. The first-order chi connectivity index (χ1) is 17.2. The largest absolute Gasteiger partial charge is 0.464 e. The fourth-order valence-corrected chi connectivity index (χ4v) is 5.08. The Morgan fingerprint density at radius 3 is 2.72 bits per heavy atom. The van der Waals surface area contributed by atoms with Crippen molar-refractivity contribution in [2.45, 2.75) is 19.0 Å². The van der Waals surface area contributed by atoms with E-state index in [9.17, 15) is 22.8 Å². The number of primary amides is 1. The van der Waals surface area contributed by atoms with Gasteiger partial charge in [-0.05, 0) is 30.3 Å². The lowest BCUT2D eigenvalue weighted by Crippen LogP contribution is -2.29. The predicted molar refractivity (Wildman–Crippen MR) is 127 cm³/mol. The minimum absolute atomic E-state index is 0.0112. The zero-order chi connectivity index (χ0) is 25.6. The summed E-state index contributed by atoms with van der Waals surface area (Å²) < 4.78 is 46.7. The number of nitrogens with zero attached hydrogens (tertiary/aromatic N) is 2. The molecular formula is C23H14ClF3N4O4S. The highest BCUT2D eigenvalue weighted by Crippen LogP contribution is 2.42. The molecule has 2 amide bonds. The molecule has 3 aromatic heterocycles. The average Bonchev–Trinajstić information content (AvgIpc) is 3.59. The second-order valence-corrected chi connectivity index (χ2v) is 9.05. The number of nitrogens with two attached hydrogens (primary N) is 1. The number of hydrogen-bond donors (Lipinski definition) is 2. The lowest BCUT2D eigenvalue weighted by Gasteiger charge is -2.12. The molecule has 3 N–H and O–H groups in total. The molecule has 0 radical (unpaired) electrons. The van der Waals surface area contributed by atoms with Crippen LogP contribution in [0.4, 0.5) is 18.9 Å². The van der Waals surface area contributed by atoms with Crippen molar-refractivity contribution in [3.05, 3.63) is 69.6 Å². The van der Waals surface area contributed by atoms with Gasteiger partial charge in [0.1, 0.15) is 27.0 Å². The van der Waals surface area contributed by atoms with Crippen LogP contribution in [0.2, 0.25) is 5.02 Å². The van der Waals surface area contributed by atoms with Gasteiger partial charge in [-0.3, -0.25) is 9.59 Å². The standard InChI is InChI=1S/C23H14ClF3N4O4S/c24-10-3-1-4-11(25)17(10)12-8-15(35-31-12)22(33)30-18-16-9(14-5-2-6-34-14)7-13(20(26)27)29-23(16)36-19(18)21(28)32/h1-7,15,20H,8H2,(H2,28,32)(H,30,33). The summed E-state index contributed by atoms with van der Waals surface area (Å²) in [6.45, 7) is 0. The SMILES string of the molecule is NC(=O)c1sc2nc(C(F)F)cc(-c3ccco3)c2c1NC(=O)C1CC(c2c(F)cccc2Cl)=NO1. The summed E-state index contributed by atoms with van der Waals surface area (Å²) in [5, 5.41) is 6.68. The van der Waals surface area contributed by atoms with Gasteiger partial charge in [-0.2, -0.15) is 0 Å². The van der Waals surface area contributed by atoms with Gasteiger partial charge in [0.05, 0.1) is 28.2 Å². The second-order valence-electron chi connectivity index (χ2n) is 7.65. The summed E-state index contributed by atoms with van der Waals surface area (Å²) in [6.07, 6.45) is -2.85. The molecule has 184 valence electrons. The third-order valence-corrected chi connectivity index (χ3v) is 6.79. The molecule has 4 heterocycles. The van der Waals surface area contributed by atoms with Crippen LogP contribution in [0.15, 0.2) is 52.2 Å². The highest BCUT2D eigenvalue weighted by molar-refractivity contribution is 7.21. The van der Waals surface area contributed by atoms with Crippen LogP contribution in [0.3, 0.4) is 0 Å². The number of halogens is 4. The van der Waals surface area contributed by atoms with Crippen LogP contribution in [0.5, 0.6) is 0 Å². The smallest absolute Gasteiger partial charge is 0.280 e. The monoisotopic (exact) mass is 534 g/mol. The Balaban J connectivity index is 1.53. The Bertz CT molecular complexity index is 1520. The van der Waals surface area contributed by atoms with Gasteiger partial charge < -0.3 is 20.3 Å². The molecule has 0 spiro atoms. The molecule has 1 atom stereocenters. The molecule has 0 saturated heterocycles. The van der Waals surface area contributed by atoms with Gasteiger partial charge in [-0.1, -0.05) is 22.8 Å². The van der Waals surface area contributed by atoms with Crippen molar-refractivity contribution in [3.63, 3.8) is 0 Å². The number of carbonyl (C=O) groups excluding carboxylic acids is 2.